The van der Waals surface area contributed by atoms with Crippen LogP contribution in [0.2, 0.25) is 0 Å². The summed E-state index contributed by atoms with van der Waals surface area (Å²) in [5.74, 6) is 0.362. The summed E-state index contributed by atoms with van der Waals surface area (Å²) < 4.78 is 0.144. The van der Waals surface area contributed by atoms with Crippen molar-refractivity contribution in [2.24, 2.45) is 11.7 Å². The van der Waals surface area contributed by atoms with E-state index >= 15 is 0 Å². The van der Waals surface area contributed by atoms with Gasteiger partial charge in [-0.15, -0.1) is 11.8 Å². The van der Waals surface area contributed by atoms with E-state index in [1.807, 2.05) is 17.8 Å². The summed E-state index contributed by atoms with van der Waals surface area (Å²) in [6, 6.07) is 8.00. The van der Waals surface area contributed by atoms with Gasteiger partial charge in [-0.1, -0.05) is 58.2 Å². The maximum Gasteiger partial charge on any atom is 0.0761 e. The lowest BCUT2D eigenvalue weighted by Crippen LogP contribution is -2.34. The van der Waals surface area contributed by atoms with Crippen LogP contribution in [-0.4, -0.2) is 16.0 Å². The Bertz CT molecular complexity index is 449. The fourth-order valence-corrected chi connectivity index (χ4v) is 4.26. The molecule has 0 saturated heterocycles. The molecular formula is C18H29NOS. The maximum atomic E-state index is 10.7. The summed E-state index contributed by atoms with van der Waals surface area (Å²) in [5.41, 5.74) is 7.52. The number of nitrogens with two attached hydrogens (primary N) is 1. The topological polar surface area (TPSA) is 46.2 Å². The van der Waals surface area contributed by atoms with Crippen molar-refractivity contribution >= 4 is 11.8 Å². The Morgan fingerprint density at radius 2 is 1.76 bits per heavy atom. The first kappa shape index (κ1) is 16.9. The molecule has 0 heterocycles. The molecule has 0 bridgehead atoms. The maximum absolute atomic E-state index is 10.7. The van der Waals surface area contributed by atoms with Crippen molar-refractivity contribution in [2.75, 3.05) is 0 Å². The third-order valence-corrected chi connectivity index (χ3v) is 5.40. The Morgan fingerprint density at radius 3 is 2.38 bits per heavy atom. The van der Waals surface area contributed by atoms with Gasteiger partial charge < -0.3 is 10.8 Å². The highest BCUT2D eigenvalue weighted by atomic mass is 32.2. The first-order valence-electron chi connectivity index (χ1n) is 8.10. The minimum Gasteiger partial charge on any atom is -0.391 e. The van der Waals surface area contributed by atoms with Crippen molar-refractivity contribution < 1.29 is 5.11 Å². The minimum absolute atomic E-state index is 0.144. The van der Waals surface area contributed by atoms with Gasteiger partial charge in [0, 0.05) is 9.64 Å². The van der Waals surface area contributed by atoms with Crippen LogP contribution >= 0.6 is 11.8 Å². The molecule has 1 saturated carbocycles. The predicted octanol–water partition coefficient (Wildman–Crippen LogP) is 4.52. The van der Waals surface area contributed by atoms with Crippen molar-refractivity contribution in [2.45, 2.75) is 74.7 Å². The number of aliphatic hydroxyl groups is 1. The van der Waals surface area contributed by atoms with Gasteiger partial charge >= 0.3 is 0 Å². The molecule has 3 N–H and O–H groups in total. The van der Waals surface area contributed by atoms with Crippen LogP contribution in [0.5, 0.6) is 0 Å². The van der Waals surface area contributed by atoms with Gasteiger partial charge in [0.05, 0.1) is 12.1 Å². The van der Waals surface area contributed by atoms with Gasteiger partial charge in [0.2, 0.25) is 0 Å². The van der Waals surface area contributed by atoms with Crippen molar-refractivity contribution in [3.05, 3.63) is 29.8 Å². The molecule has 1 fully saturated rings. The molecular weight excluding hydrogens is 278 g/mol. The van der Waals surface area contributed by atoms with E-state index in [-0.39, 0.29) is 10.8 Å². The molecule has 3 heteroatoms. The number of aliphatic hydroxyl groups excluding tert-OH is 1. The lowest BCUT2D eigenvalue weighted by Gasteiger charge is -2.32. The van der Waals surface area contributed by atoms with E-state index in [9.17, 15) is 5.11 Å². The summed E-state index contributed by atoms with van der Waals surface area (Å²) >= 11 is 1.83. The Hall–Kier alpha value is -0.510. The molecule has 2 atom stereocenters. The normalized spacial score (nSPS) is 20.2. The highest BCUT2D eigenvalue weighted by Gasteiger charge is 2.29. The zero-order valence-corrected chi connectivity index (χ0v) is 14.3. The molecule has 0 aliphatic heterocycles. The van der Waals surface area contributed by atoms with Crippen LogP contribution in [-0.2, 0) is 0 Å². The minimum atomic E-state index is -0.424. The van der Waals surface area contributed by atoms with Gasteiger partial charge in [-0.3, -0.25) is 0 Å². The number of benzene rings is 1. The summed E-state index contributed by atoms with van der Waals surface area (Å²) in [7, 11) is 0. The van der Waals surface area contributed by atoms with Crippen LogP contribution in [0.4, 0.5) is 0 Å². The van der Waals surface area contributed by atoms with Gasteiger partial charge in [-0.2, -0.15) is 0 Å². The number of hydrogen-bond donors (Lipinski definition) is 2. The van der Waals surface area contributed by atoms with Crippen molar-refractivity contribution in [1.82, 2.24) is 0 Å². The number of thioether (sulfide) groups is 1. The molecule has 0 radical (unpaired) electrons. The number of hydrogen-bond acceptors (Lipinski definition) is 3. The van der Waals surface area contributed by atoms with Crippen LogP contribution < -0.4 is 5.73 Å². The first-order chi connectivity index (χ1) is 9.88. The zero-order valence-electron chi connectivity index (χ0n) is 13.5. The second-order valence-electron chi connectivity index (χ2n) is 7.17. The summed E-state index contributed by atoms with van der Waals surface area (Å²) in [5, 5.41) is 10.7. The molecule has 0 unspecified atom stereocenters. The van der Waals surface area contributed by atoms with E-state index in [1.54, 1.807) is 0 Å². The van der Waals surface area contributed by atoms with Crippen LogP contribution in [0.25, 0.3) is 0 Å². The number of rotatable bonds is 4. The fourth-order valence-electron chi connectivity index (χ4n) is 3.13. The van der Waals surface area contributed by atoms with E-state index in [2.05, 4.69) is 39.0 Å². The van der Waals surface area contributed by atoms with E-state index in [0.717, 1.165) is 18.4 Å². The van der Waals surface area contributed by atoms with Crippen LogP contribution in [0.1, 0.15) is 64.5 Å². The average Bonchev–Trinajstić information content (AvgIpc) is 2.45. The molecule has 0 amide bonds. The Balaban J connectivity index is 2.16. The molecule has 2 rings (SSSR count). The van der Waals surface area contributed by atoms with Crippen molar-refractivity contribution in [3.63, 3.8) is 0 Å². The van der Waals surface area contributed by atoms with Gasteiger partial charge in [0.25, 0.3) is 0 Å². The molecule has 0 aromatic heterocycles. The lowest BCUT2D eigenvalue weighted by atomic mass is 9.81. The van der Waals surface area contributed by atoms with E-state index < -0.39 is 6.10 Å². The van der Waals surface area contributed by atoms with Gasteiger partial charge in [0.1, 0.15) is 0 Å². The average molecular weight is 308 g/mol. The monoisotopic (exact) mass is 307 g/mol. The molecule has 1 aromatic carbocycles. The quantitative estimate of drug-likeness (QED) is 0.804. The second-order valence-corrected chi connectivity index (χ2v) is 9.04. The third kappa shape index (κ3) is 4.73. The molecule has 118 valence electrons. The largest absolute Gasteiger partial charge is 0.391 e. The predicted molar refractivity (Wildman–Crippen MR) is 91.6 cm³/mol. The van der Waals surface area contributed by atoms with Gasteiger partial charge in [-0.05, 0) is 30.4 Å². The highest BCUT2D eigenvalue weighted by Crippen LogP contribution is 2.38. The first-order valence-corrected chi connectivity index (χ1v) is 8.92. The van der Waals surface area contributed by atoms with E-state index in [0.29, 0.717) is 5.92 Å². The van der Waals surface area contributed by atoms with Crippen LogP contribution in [0.3, 0.4) is 0 Å². The fraction of sp³-hybridized carbons (Fsp3) is 0.667. The molecule has 1 aromatic rings. The summed E-state index contributed by atoms with van der Waals surface area (Å²) in [6.45, 7) is 6.62. The van der Waals surface area contributed by atoms with Gasteiger partial charge in [-0.25, -0.2) is 0 Å². The summed E-state index contributed by atoms with van der Waals surface area (Å²) in [4.78, 5) is 1.20. The van der Waals surface area contributed by atoms with E-state index in [4.69, 9.17) is 5.73 Å². The van der Waals surface area contributed by atoms with Gasteiger partial charge in [0.15, 0.2) is 0 Å². The Morgan fingerprint density at radius 1 is 1.14 bits per heavy atom. The highest BCUT2D eigenvalue weighted by molar-refractivity contribution is 8.00. The molecule has 1 aliphatic carbocycles. The summed E-state index contributed by atoms with van der Waals surface area (Å²) in [6.07, 6.45) is 5.56. The van der Waals surface area contributed by atoms with Crippen molar-refractivity contribution in [3.8, 4) is 0 Å². The SMILES string of the molecule is CC(C)(C)Sc1ccccc1[C@H](N)[C@H](O)C1CCCCC1. The zero-order chi connectivity index (χ0) is 15.5. The molecule has 1 aliphatic rings. The second kappa shape index (κ2) is 7.17. The molecule has 0 spiro atoms. The third-order valence-electron chi connectivity index (χ3n) is 4.20. The van der Waals surface area contributed by atoms with Crippen molar-refractivity contribution in [1.29, 1.82) is 0 Å². The Kier molecular flexibility index (Phi) is 5.75. The van der Waals surface area contributed by atoms with Crippen LogP contribution in [0, 0.1) is 5.92 Å². The van der Waals surface area contributed by atoms with Crippen LogP contribution in [0.15, 0.2) is 29.2 Å². The standard InChI is InChI=1S/C18H29NOS/c1-18(2,3)21-15-12-8-7-11-14(15)16(19)17(20)13-9-5-4-6-10-13/h7-8,11-13,16-17,20H,4-6,9-10,19H2,1-3H3/t16-,17+/m0/s1. The smallest absolute Gasteiger partial charge is 0.0761 e. The van der Waals surface area contributed by atoms with E-state index in [1.165, 1.54) is 24.2 Å². The lowest BCUT2D eigenvalue weighted by molar-refractivity contribution is 0.0611. The molecule has 21 heavy (non-hydrogen) atoms. The Labute approximate surface area is 133 Å². The molecule has 2 nitrogen and oxygen atoms in total.